The van der Waals surface area contributed by atoms with Crippen LogP contribution >= 0.6 is 12.2 Å². The first kappa shape index (κ1) is 20.2. The van der Waals surface area contributed by atoms with Crippen molar-refractivity contribution in [2.75, 3.05) is 6.61 Å². The molecule has 2 aromatic carbocycles. The van der Waals surface area contributed by atoms with Crippen molar-refractivity contribution in [3.8, 4) is 16.9 Å². The molecule has 0 aliphatic carbocycles. The normalized spacial score (nSPS) is 10.9. The minimum Gasteiger partial charge on any atom is -0.462 e. The van der Waals surface area contributed by atoms with Gasteiger partial charge in [-0.05, 0) is 31.3 Å². The number of non-ortho nitro benzene ring substituents is 1. The molecule has 0 spiro atoms. The van der Waals surface area contributed by atoms with E-state index in [1.165, 1.54) is 28.8 Å². The number of carbonyl (C=O) groups excluding carboxylic acids is 1. The van der Waals surface area contributed by atoms with Crippen molar-refractivity contribution >= 4 is 29.5 Å². The van der Waals surface area contributed by atoms with E-state index in [4.69, 9.17) is 17.0 Å². The summed E-state index contributed by atoms with van der Waals surface area (Å²) < 4.78 is 7.57. The highest BCUT2D eigenvalue weighted by atomic mass is 32.1. The maximum Gasteiger partial charge on any atom is 0.344 e. The summed E-state index contributed by atoms with van der Waals surface area (Å²) in [6.07, 6.45) is 0. The van der Waals surface area contributed by atoms with E-state index >= 15 is 0 Å². The second kappa shape index (κ2) is 7.95. The number of fused-ring (bicyclic) bond motifs is 1. The second-order valence-electron chi connectivity index (χ2n) is 6.39. The first-order valence-corrected chi connectivity index (χ1v) is 9.58. The number of nitro benzene ring substituents is 1. The zero-order valence-electron chi connectivity index (χ0n) is 16.1. The summed E-state index contributed by atoms with van der Waals surface area (Å²) >= 11 is 5.48. The molecule has 4 aromatic rings. The van der Waals surface area contributed by atoms with Gasteiger partial charge in [-0.25, -0.2) is 14.2 Å². The molecule has 11 heteroatoms. The molecule has 0 radical (unpaired) electrons. The molecule has 156 valence electrons. The lowest BCUT2D eigenvalue weighted by molar-refractivity contribution is -0.384. The first-order chi connectivity index (χ1) is 14.9. The third-order valence-corrected chi connectivity index (χ3v) is 4.89. The molecular weight excluding hydrogens is 422 g/mol. The highest BCUT2D eigenvalue weighted by Crippen LogP contribution is 2.26. The van der Waals surface area contributed by atoms with E-state index < -0.39 is 16.6 Å². The maximum atomic E-state index is 12.9. The molecule has 0 aliphatic rings. The smallest absolute Gasteiger partial charge is 0.344 e. The van der Waals surface area contributed by atoms with Crippen molar-refractivity contribution in [1.82, 2.24) is 19.2 Å². The minimum atomic E-state index is -0.644. The van der Waals surface area contributed by atoms with Crippen molar-refractivity contribution in [2.24, 2.45) is 0 Å². The predicted octanol–water partition coefficient (Wildman–Crippen LogP) is 3.29. The molecule has 10 nitrogen and oxygen atoms in total. The standard InChI is InChI=1S/C20H15N5O5S/c1-2-30-18(26)15-16(12-6-4-3-5-7-12)22-24-17(15)21-19(27)23(20(24)31)13-8-10-14(11-9-13)25(28)29/h3-11H,2H2,1H3,(H,21,27). The van der Waals surface area contributed by atoms with E-state index in [0.717, 1.165) is 4.57 Å². The fourth-order valence-corrected chi connectivity index (χ4v) is 3.48. The molecule has 4 rings (SSSR count). The number of hydrogen-bond acceptors (Lipinski definition) is 7. The van der Waals surface area contributed by atoms with E-state index in [1.807, 2.05) is 6.07 Å². The highest BCUT2D eigenvalue weighted by molar-refractivity contribution is 7.71. The quantitative estimate of drug-likeness (QED) is 0.220. The van der Waals surface area contributed by atoms with Crippen LogP contribution in [-0.4, -0.2) is 36.7 Å². The summed E-state index contributed by atoms with van der Waals surface area (Å²) in [6.45, 7) is 1.82. The van der Waals surface area contributed by atoms with Crippen molar-refractivity contribution in [3.63, 3.8) is 0 Å². The minimum absolute atomic E-state index is 0.0136. The summed E-state index contributed by atoms with van der Waals surface area (Å²) in [5.74, 6) is -0.644. The monoisotopic (exact) mass is 437 g/mol. The van der Waals surface area contributed by atoms with Crippen molar-refractivity contribution in [1.29, 1.82) is 0 Å². The Morgan fingerprint density at radius 1 is 1.19 bits per heavy atom. The summed E-state index contributed by atoms with van der Waals surface area (Å²) in [5.41, 5.74) is 0.707. The van der Waals surface area contributed by atoms with Gasteiger partial charge in [0.1, 0.15) is 11.3 Å². The summed E-state index contributed by atoms with van der Waals surface area (Å²) in [7, 11) is 0. The zero-order valence-corrected chi connectivity index (χ0v) is 17.0. The lowest BCUT2D eigenvalue weighted by atomic mass is 10.1. The van der Waals surface area contributed by atoms with Gasteiger partial charge in [0.15, 0.2) is 5.65 Å². The molecule has 2 heterocycles. The average Bonchev–Trinajstić information content (AvgIpc) is 3.14. The second-order valence-corrected chi connectivity index (χ2v) is 6.76. The zero-order chi connectivity index (χ0) is 22.1. The van der Waals surface area contributed by atoms with Crippen LogP contribution in [0.5, 0.6) is 0 Å². The maximum absolute atomic E-state index is 12.9. The van der Waals surface area contributed by atoms with Gasteiger partial charge in [0.05, 0.1) is 17.2 Å². The number of benzene rings is 2. The number of hydrogen-bond donors (Lipinski definition) is 1. The third-order valence-electron chi connectivity index (χ3n) is 4.53. The van der Waals surface area contributed by atoms with Crippen LogP contribution in [0.2, 0.25) is 0 Å². The largest absolute Gasteiger partial charge is 0.462 e. The number of nitrogens with zero attached hydrogens (tertiary/aromatic N) is 4. The van der Waals surface area contributed by atoms with Crippen LogP contribution in [0.15, 0.2) is 59.4 Å². The fourth-order valence-electron chi connectivity index (χ4n) is 3.16. The van der Waals surface area contributed by atoms with Crippen LogP contribution in [0.3, 0.4) is 0 Å². The molecule has 31 heavy (non-hydrogen) atoms. The van der Waals surface area contributed by atoms with Crippen LogP contribution in [0.1, 0.15) is 17.3 Å². The van der Waals surface area contributed by atoms with E-state index in [9.17, 15) is 19.7 Å². The molecule has 0 amide bonds. The number of nitro groups is 1. The number of aromatic amines is 1. The Balaban J connectivity index is 2.00. The number of carbonyl (C=O) groups is 1. The topological polar surface area (TPSA) is 125 Å². The molecule has 0 saturated heterocycles. The number of ether oxygens (including phenoxy) is 1. The Morgan fingerprint density at radius 2 is 1.87 bits per heavy atom. The third kappa shape index (κ3) is 3.51. The van der Waals surface area contributed by atoms with Gasteiger partial charge < -0.3 is 4.74 Å². The van der Waals surface area contributed by atoms with Crippen molar-refractivity contribution in [2.45, 2.75) is 6.92 Å². The van der Waals surface area contributed by atoms with Crippen LogP contribution in [0, 0.1) is 14.9 Å². The van der Waals surface area contributed by atoms with E-state index in [2.05, 4.69) is 10.1 Å². The Bertz CT molecular complexity index is 1420. The fraction of sp³-hybridized carbons (Fsp3) is 0.100. The van der Waals surface area contributed by atoms with Gasteiger partial charge in [-0.1, -0.05) is 30.3 Å². The number of rotatable bonds is 5. The Kier molecular flexibility index (Phi) is 5.17. The van der Waals surface area contributed by atoms with Gasteiger partial charge in [0, 0.05) is 17.7 Å². The van der Waals surface area contributed by atoms with Crippen LogP contribution in [0.25, 0.3) is 22.6 Å². The van der Waals surface area contributed by atoms with Crippen LogP contribution in [-0.2, 0) is 4.74 Å². The molecular formula is C20H15N5O5S. The SMILES string of the molecule is CCOC(=O)c1c(-c2ccccc2)nn2c(=S)n(-c3ccc([N+](=O)[O-])cc3)c(=O)[nH]c12. The average molecular weight is 437 g/mol. The summed E-state index contributed by atoms with van der Waals surface area (Å²) in [6, 6.07) is 14.3. The van der Waals surface area contributed by atoms with Crippen LogP contribution in [0.4, 0.5) is 5.69 Å². The Hall–Kier alpha value is -4.12. The number of aromatic nitrogens is 4. The summed E-state index contributed by atoms with van der Waals surface area (Å²) in [4.78, 5) is 38.6. The van der Waals surface area contributed by atoms with Gasteiger partial charge in [0.2, 0.25) is 4.77 Å². The Labute approximate surface area is 179 Å². The van der Waals surface area contributed by atoms with Gasteiger partial charge in [-0.15, -0.1) is 0 Å². The molecule has 0 atom stereocenters. The van der Waals surface area contributed by atoms with E-state index in [0.29, 0.717) is 16.9 Å². The lowest BCUT2D eigenvalue weighted by Crippen LogP contribution is -2.25. The number of nitrogens with one attached hydrogen (secondary N) is 1. The molecule has 0 saturated carbocycles. The first-order valence-electron chi connectivity index (χ1n) is 9.17. The highest BCUT2D eigenvalue weighted by Gasteiger charge is 2.25. The lowest BCUT2D eigenvalue weighted by Gasteiger charge is -2.07. The Morgan fingerprint density at radius 3 is 2.48 bits per heavy atom. The van der Waals surface area contributed by atoms with Crippen LogP contribution < -0.4 is 5.69 Å². The molecule has 0 bridgehead atoms. The van der Waals surface area contributed by atoms with Crippen molar-refractivity contribution in [3.05, 3.63) is 85.5 Å². The van der Waals surface area contributed by atoms with Gasteiger partial charge in [-0.3, -0.25) is 15.1 Å². The molecule has 0 unspecified atom stereocenters. The number of H-pyrrole nitrogens is 1. The van der Waals surface area contributed by atoms with Crippen molar-refractivity contribution < 1.29 is 14.5 Å². The molecule has 1 N–H and O–H groups in total. The van der Waals surface area contributed by atoms with Gasteiger partial charge in [-0.2, -0.15) is 9.61 Å². The van der Waals surface area contributed by atoms with Gasteiger partial charge in [0.25, 0.3) is 5.69 Å². The van der Waals surface area contributed by atoms with E-state index in [-0.39, 0.29) is 28.3 Å². The molecule has 0 aliphatic heterocycles. The molecule has 0 fully saturated rings. The van der Waals surface area contributed by atoms with Gasteiger partial charge >= 0.3 is 11.7 Å². The summed E-state index contributed by atoms with van der Waals surface area (Å²) in [5, 5.41) is 15.4. The predicted molar refractivity (Wildman–Crippen MR) is 114 cm³/mol. The van der Waals surface area contributed by atoms with E-state index in [1.54, 1.807) is 31.2 Å². The number of esters is 1. The molecule has 2 aromatic heterocycles.